The third-order valence-corrected chi connectivity index (χ3v) is 3.11. The lowest BCUT2D eigenvalue weighted by molar-refractivity contribution is -0.115. The van der Waals surface area contributed by atoms with E-state index < -0.39 is 0 Å². The van der Waals surface area contributed by atoms with Crippen LogP contribution < -0.4 is 10.6 Å². The van der Waals surface area contributed by atoms with Crippen LogP contribution >= 0.6 is 0 Å². The summed E-state index contributed by atoms with van der Waals surface area (Å²) in [6, 6.07) is 11.6. The minimum atomic E-state index is -0.0517. The van der Waals surface area contributed by atoms with E-state index >= 15 is 0 Å². The SMILES string of the molecule is Cc1ccc(NC(=O)CNCc2ccccn2)cc1C. The van der Waals surface area contributed by atoms with Gasteiger partial charge in [-0.1, -0.05) is 12.1 Å². The van der Waals surface area contributed by atoms with Gasteiger partial charge >= 0.3 is 0 Å². The van der Waals surface area contributed by atoms with Gasteiger partial charge in [0.25, 0.3) is 0 Å². The second kappa shape index (κ2) is 6.82. The van der Waals surface area contributed by atoms with Crippen molar-refractivity contribution in [2.45, 2.75) is 20.4 Å². The van der Waals surface area contributed by atoms with Crippen LogP contribution in [0.5, 0.6) is 0 Å². The number of aryl methyl sites for hydroxylation is 2. The summed E-state index contributed by atoms with van der Waals surface area (Å²) < 4.78 is 0. The molecule has 1 amide bonds. The first-order valence-electron chi connectivity index (χ1n) is 6.63. The summed E-state index contributed by atoms with van der Waals surface area (Å²) in [6.07, 6.45) is 1.74. The predicted molar refractivity (Wildman–Crippen MR) is 80.5 cm³/mol. The number of benzene rings is 1. The summed E-state index contributed by atoms with van der Waals surface area (Å²) in [5, 5.41) is 5.95. The monoisotopic (exact) mass is 269 g/mol. The second-order valence-electron chi connectivity index (χ2n) is 4.77. The quantitative estimate of drug-likeness (QED) is 0.876. The first-order chi connectivity index (χ1) is 9.65. The fourth-order valence-corrected chi connectivity index (χ4v) is 1.83. The van der Waals surface area contributed by atoms with E-state index in [2.05, 4.69) is 22.5 Å². The molecule has 2 aromatic rings. The summed E-state index contributed by atoms with van der Waals surface area (Å²) in [4.78, 5) is 16.0. The summed E-state index contributed by atoms with van der Waals surface area (Å²) >= 11 is 0. The number of rotatable bonds is 5. The van der Waals surface area contributed by atoms with Crippen molar-refractivity contribution in [1.29, 1.82) is 0 Å². The Morgan fingerprint density at radius 2 is 2.00 bits per heavy atom. The van der Waals surface area contributed by atoms with Crippen LogP contribution in [0.1, 0.15) is 16.8 Å². The molecule has 20 heavy (non-hydrogen) atoms. The molecule has 0 aliphatic heterocycles. The van der Waals surface area contributed by atoms with Gasteiger partial charge in [-0.2, -0.15) is 0 Å². The van der Waals surface area contributed by atoms with Crippen LogP contribution in [0.15, 0.2) is 42.6 Å². The maximum absolute atomic E-state index is 11.8. The number of hydrogen-bond donors (Lipinski definition) is 2. The van der Waals surface area contributed by atoms with Crippen molar-refractivity contribution in [3.8, 4) is 0 Å². The Hall–Kier alpha value is -2.20. The standard InChI is InChI=1S/C16H19N3O/c1-12-6-7-14(9-13(12)2)19-16(20)11-17-10-15-5-3-4-8-18-15/h3-9,17H,10-11H2,1-2H3,(H,19,20). The molecule has 0 atom stereocenters. The number of aromatic nitrogens is 1. The number of carbonyl (C=O) groups is 1. The largest absolute Gasteiger partial charge is 0.325 e. The molecule has 1 aromatic heterocycles. The van der Waals surface area contributed by atoms with E-state index in [4.69, 9.17) is 0 Å². The van der Waals surface area contributed by atoms with Gasteiger partial charge in [0.2, 0.25) is 5.91 Å². The highest BCUT2D eigenvalue weighted by atomic mass is 16.1. The van der Waals surface area contributed by atoms with Crippen LogP contribution in [0.2, 0.25) is 0 Å². The van der Waals surface area contributed by atoms with Crippen LogP contribution in [0.3, 0.4) is 0 Å². The average Bonchev–Trinajstić information content (AvgIpc) is 2.44. The maximum Gasteiger partial charge on any atom is 0.238 e. The van der Waals surface area contributed by atoms with Crippen LogP contribution in [-0.4, -0.2) is 17.4 Å². The Balaban J connectivity index is 1.79. The molecule has 0 spiro atoms. The smallest absolute Gasteiger partial charge is 0.238 e. The molecule has 1 aromatic carbocycles. The van der Waals surface area contributed by atoms with Crippen molar-refractivity contribution < 1.29 is 4.79 Å². The fourth-order valence-electron chi connectivity index (χ4n) is 1.83. The van der Waals surface area contributed by atoms with Gasteiger partial charge in [-0.25, -0.2) is 0 Å². The average molecular weight is 269 g/mol. The number of anilines is 1. The first kappa shape index (κ1) is 14.2. The van der Waals surface area contributed by atoms with Crippen LogP contribution in [0, 0.1) is 13.8 Å². The molecule has 0 saturated carbocycles. The highest BCUT2D eigenvalue weighted by Gasteiger charge is 2.03. The third kappa shape index (κ3) is 4.17. The molecule has 0 bridgehead atoms. The normalized spacial score (nSPS) is 10.3. The zero-order chi connectivity index (χ0) is 14.4. The lowest BCUT2D eigenvalue weighted by Gasteiger charge is -2.08. The molecule has 4 heteroatoms. The zero-order valence-corrected chi connectivity index (χ0v) is 11.8. The second-order valence-corrected chi connectivity index (χ2v) is 4.77. The van der Waals surface area contributed by atoms with E-state index in [9.17, 15) is 4.79 Å². The molecule has 2 N–H and O–H groups in total. The number of nitrogens with one attached hydrogen (secondary N) is 2. The Morgan fingerprint density at radius 1 is 1.15 bits per heavy atom. The summed E-state index contributed by atoms with van der Waals surface area (Å²) in [5.41, 5.74) is 4.14. The molecular weight excluding hydrogens is 250 g/mol. The predicted octanol–water partition coefficient (Wildman–Crippen LogP) is 2.43. The van der Waals surface area contributed by atoms with Crippen LogP contribution in [0.25, 0.3) is 0 Å². The Morgan fingerprint density at radius 3 is 2.70 bits per heavy atom. The van der Waals surface area contributed by atoms with E-state index in [1.807, 2.05) is 43.3 Å². The van der Waals surface area contributed by atoms with E-state index in [-0.39, 0.29) is 12.5 Å². The molecule has 1 heterocycles. The van der Waals surface area contributed by atoms with E-state index in [0.717, 1.165) is 11.4 Å². The molecular formula is C16H19N3O. The lowest BCUT2D eigenvalue weighted by Crippen LogP contribution is -2.28. The number of carbonyl (C=O) groups excluding carboxylic acids is 1. The lowest BCUT2D eigenvalue weighted by atomic mass is 10.1. The molecule has 4 nitrogen and oxygen atoms in total. The van der Waals surface area contributed by atoms with E-state index in [0.29, 0.717) is 6.54 Å². The number of hydrogen-bond acceptors (Lipinski definition) is 3. The summed E-state index contributed by atoms with van der Waals surface area (Å²) in [6.45, 7) is 4.93. The van der Waals surface area contributed by atoms with Crippen molar-refractivity contribution in [3.63, 3.8) is 0 Å². The number of amides is 1. The van der Waals surface area contributed by atoms with E-state index in [1.54, 1.807) is 6.20 Å². The Labute approximate surface area is 119 Å². The molecule has 0 unspecified atom stereocenters. The highest BCUT2D eigenvalue weighted by molar-refractivity contribution is 5.92. The summed E-state index contributed by atoms with van der Waals surface area (Å²) in [5.74, 6) is -0.0517. The summed E-state index contributed by atoms with van der Waals surface area (Å²) in [7, 11) is 0. The van der Waals surface area contributed by atoms with Crippen molar-refractivity contribution in [2.75, 3.05) is 11.9 Å². The zero-order valence-electron chi connectivity index (χ0n) is 11.8. The fraction of sp³-hybridized carbons (Fsp3) is 0.250. The van der Waals surface area contributed by atoms with Gasteiger partial charge in [0.15, 0.2) is 0 Å². The van der Waals surface area contributed by atoms with Gasteiger partial charge in [0.1, 0.15) is 0 Å². The van der Waals surface area contributed by atoms with Crippen LogP contribution in [-0.2, 0) is 11.3 Å². The molecule has 0 radical (unpaired) electrons. The van der Waals surface area contributed by atoms with Gasteiger partial charge in [-0.15, -0.1) is 0 Å². The minimum absolute atomic E-state index is 0.0517. The molecule has 0 aliphatic carbocycles. The van der Waals surface area contributed by atoms with Gasteiger partial charge in [0, 0.05) is 18.4 Å². The third-order valence-electron chi connectivity index (χ3n) is 3.11. The molecule has 0 fully saturated rings. The van der Waals surface area contributed by atoms with Gasteiger partial charge < -0.3 is 10.6 Å². The topological polar surface area (TPSA) is 54.0 Å². The van der Waals surface area contributed by atoms with Gasteiger partial charge in [0.05, 0.1) is 12.2 Å². The van der Waals surface area contributed by atoms with Crippen molar-refractivity contribution in [1.82, 2.24) is 10.3 Å². The van der Waals surface area contributed by atoms with Crippen molar-refractivity contribution in [3.05, 3.63) is 59.4 Å². The van der Waals surface area contributed by atoms with Crippen molar-refractivity contribution >= 4 is 11.6 Å². The minimum Gasteiger partial charge on any atom is -0.325 e. The van der Waals surface area contributed by atoms with Crippen molar-refractivity contribution in [2.24, 2.45) is 0 Å². The molecule has 0 saturated heterocycles. The molecule has 104 valence electrons. The highest BCUT2D eigenvalue weighted by Crippen LogP contribution is 2.13. The number of pyridine rings is 1. The maximum atomic E-state index is 11.8. The Kier molecular flexibility index (Phi) is 4.85. The first-order valence-corrected chi connectivity index (χ1v) is 6.63. The van der Waals surface area contributed by atoms with Gasteiger partial charge in [-0.05, 0) is 49.2 Å². The Bertz CT molecular complexity index is 582. The molecule has 2 rings (SSSR count). The van der Waals surface area contributed by atoms with Crippen LogP contribution in [0.4, 0.5) is 5.69 Å². The number of nitrogens with zero attached hydrogens (tertiary/aromatic N) is 1. The van der Waals surface area contributed by atoms with E-state index in [1.165, 1.54) is 11.1 Å². The molecule has 0 aliphatic rings. The van der Waals surface area contributed by atoms with Gasteiger partial charge in [-0.3, -0.25) is 9.78 Å².